The molecule has 8 heteroatoms. The second kappa shape index (κ2) is 9.07. The topological polar surface area (TPSA) is 67.4 Å². The molecule has 2 aromatic rings. The number of benzene rings is 2. The van der Waals surface area contributed by atoms with Crippen LogP contribution in [0.3, 0.4) is 0 Å². The van der Waals surface area contributed by atoms with Gasteiger partial charge in [-0.25, -0.2) is 0 Å². The summed E-state index contributed by atoms with van der Waals surface area (Å²) >= 11 is 0. The molecule has 0 spiro atoms. The quantitative estimate of drug-likeness (QED) is 0.758. The van der Waals surface area contributed by atoms with Crippen LogP contribution in [0.1, 0.15) is 18.9 Å². The highest BCUT2D eigenvalue weighted by Gasteiger charge is 2.38. The lowest BCUT2D eigenvalue weighted by Gasteiger charge is -2.11. The summed E-state index contributed by atoms with van der Waals surface area (Å²) in [5, 5.41) is 4.22. The van der Waals surface area contributed by atoms with E-state index in [1.54, 1.807) is 17.4 Å². The zero-order chi connectivity index (χ0) is 19.9. The fourth-order valence-electron chi connectivity index (χ4n) is 2.26. The molecule has 27 heavy (non-hydrogen) atoms. The molecule has 0 aliphatic heterocycles. The first-order valence-corrected chi connectivity index (χ1v) is 8.27. The van der Waals surface area contributed by atoms with Crippen molar-refractivity contribution in [3.63, 3.8) is 0 Å². The van der Waals surface area contributed by atoms with Gasteiger partial charge in [0.15, 0.2) is 6.61 Å². The third-order valence-corrected chi connectivity index (χ3v) is 3.49. The number of ether oxygens (including phenoxy) is 1. The van der Waals surface area contributed by atoms with E-state index in [0.717, 1.165) is 12.8 Å². The van der Waals surface area contributed by atoms with Crippen molar-refractivity contribution in [2.24, 2.45) is 0 Å². The lowest BCUT2D eigenvalue weighted by molar-refractivity contribution is -0.167. The molecule has 2 aromatic carbocycles. The highest BCUT2D eigenvalue weighted by atomic mass is 19.4. The van der Waals surface area contributed by atoms with E-state index in [0.29, 0.717) is 5.75 Å². The van der Waals surface area contributed by atoms with Crippen molar-refractivity contribution < 1.29 is 27.5 Å². The number of hydrogen-bond donors (Lipinski definition) is 2. The molecule has 2 rings (SSSR count). The third kappa shape index (κ3) is 6.65. The van der Waals surface area contributed by atoms with E-state index in [-0.39, 0.29) is 18.0 Å². The molecule has 2 N–H and O–H groups in total. The van der Waals surface area contributed by atoms with Crippen LogP contribution in [0.2, 0.25) is 0 Å². The van der Waals surface area contributed by atoms with Gasteiger partial charge in [-0.1, -0.05) is 31.5 Å². The summed E-state index contributed by atoms with van der Waals surface area (Å²) < 4.78 is 42.2. The maximum absolute atomic E-state index is 12.3. The lowest BCUT2D eigenvalue weighted by Crippen LogP contribution is -2.30. The van der Waals surface area contributed by atoms with Gasteiger partial charge in [0.1, 0.15) is 5.75 Å². The van der Waals surface area contributed by atoms with Crippen LogP contribution in [-0.2, 0) is 16.0 Å². The van der Waals surface area contributed by atoms with Crippen LogP contribution < -0.4 is 15.4 Å². The molecule has 0 atom stereocenters. The highest BCUT2D eigenvalue weighted by Crippen LogP contribution is 2.20. The molecule has 144 valence electrons. The zero-order valence-corrected chi connectivity index (χ0v) is 14.6. The van der Waals surface area contributed by atoms with Crippen LogP contribution >= 0.6 is 0 Å². The Morgan fingerprint density at radius 3 is 2.22 bits per heavy atom. The molecule has 5 nitrogen and oxygen atoms in total. The van der Waals surface area contributed by atoms with Crippen LogP contribution in [0.25, 0.3) is 0 Å². The van der Waals surface area contributed by atoms with Crippen molar-refractivity contribution in [2.75, 3.05) is 17.2 Å². The standard InChI is InChI=1S/C19H19F3N2O3/c1-2-4-13-7-9-16(10-8-13)27-12-17(25)23-14-5-3-6-15(11-14)24-18(26)19(20,21)22/h3,5-11H,2,4,12H2,1H3,(H,23,25)(H,24,26). The van der Waals surface area contributed by atoms with E-state index in [1.807, 2.05) is 12.1 Å². The Bertz CT molecular complexity index is 790. The summed E-state index contributed by atoms with van der Waals surface area (Å²) in [5.74, 6) is -2.02. The van der Waals surface area contributed by atoms with Gasteiger partial charge in [-0.15, -0.1) is 0 Å². The van der Waals surface area contributed by atoms with Gasteiger partial charge in [0.05, 0.1) is 0 Å². The summed E-state index contributed by atoms with van der Waals surface area (Å²) in [4.78, 5) is 22.9. The van der Waals surface area contributed by atoms with E-state index in [9.17, 15) is 22.8 Å². The fraction of sp³-hybridized carbons (Fsp3) is 0.263. The largest absolute Gasteiger partial charge is 0.484 e. The molecule has 0 saturated carbocycles. The molecule has 0 aliphatic carbocycles. The number of amides is 2. The number of halogens is 3. The predicted molar refractivity (Wildman–Crippen MR) is 95.7 cm³/mol. The Morgan fingerprint density at radius 2 is 1.63 bits per heavy atom. The minimum Gasteiger partial charge on any atom is -0.484 e. The third-order valence-electron chi connectivity index (χ3n) is 3.49. The van der Waals surface area contributed by atoms with Crippen LogP contribution in [0.4, 0.5) is 24.5 Å². The van der Waals surface area contributed by atoms with E-state index in [2.05, 4.69) is 12.2 Å². The van der Waals surface area contributed by atoms with Gasteiger partial charge >= 0.3 is 12.1 Å². The van der Waals surface area contributed by atoms with Crippen LogP contribution in [0.15, 0.2) is 48.5 Å². The molecular formula is C19H19F3N2O3. The van der Waals surface area contributed by atoms with Gasteiger partial charge in [-0.2, -0.15) is 13.2 Å². The molecule has 2 amide bonds. The molecular weight excluding hydrogens is 361 g/mol. The monoisotopic (exact) mass is 380 g/mol. The van der Waals surface area contributed by atoms with Gasteiger partial charge in [0, 0.05) is 11.4 Å². The van der Waals surface area contributed by atoms with Crippen LogP contribution in [0.5, 0.6) is 5.75 Å². The van der Waals surface area contributed by atoms with Crippen LogP contribution in [-0.4, -0.2) is 24.6 Å². The maximum atomic E-state index is 12.3. The number of nitrogens with one attached hydrogen (secondary N) is 2. The molecule has 0 heterocycles. The number of aryl methyl sites for hydroxylation is 1. The minimum atomic E-state index is -4.99. The second-order valence-corrected chi connectivity index (χ2v) is 5.76. The first-order chi connectivity index (χ1) is 12.8. The zero-order valence-electron chi connectivity index (χ0n) is 14.6. The van der Waals surface area contributed by atoms with Crippen molar-refractivity contribution in [2.45, 2.75) is 25.9 Å². The molecule has 0 aromatic heterocycles. The summed E-state index contributed by atoms with van der Waals surface area (Å²) in [6.07, 6.45) is -2.99. The molecule has 0 radical (unpaired) electrons. The Kier molecular flexibility index (Phi) is 6.81. The molecule has 0 aliphatic rings. The number of carbonyl (C=O) groups excluding carboxylic acids is 2. The molecule has 0 fully saturated rings. The second-order valence-electron chi connectivity index (χ2n) is 5.76. The normalized spacial score (nSPS) is 11.0. The number of rotatable bonds is 7. The lowest BCUT2D eigenvalue weighted by atomic mass is 10.1. The predicted octanol–water partition coefficient (Wildman–Crippen LogP) is 4.16. The Labute approximate surface area is 154 Å². The molecule has 0 bridgehead atoms. The van der Waals surface area contributed by atoms with Crippen molar-refractivity contribution >= 4 is 23.2 Å². The van der Waals surface area contributed by atoms with Gasteiger partial charge in [0.2, 0.25) is 0 Å². The Morgan fingerprint density at radius 1 is 1.00 bits per heavy atom. The van der Waals surface area contributed by atoms with Crippen LogP contribution in [0, 0.1) is 0 Å². The number of hydrogen-bond acceptors (Lipinski definition) is 3. The average molecular weight is 380 g/mol. The average Bonchev–Trinajstić information content (AvgIpc) is 2.61. The number of alkyl halides is 3. The maximum Gasteiger partial charge on any atom is 0.471 e. The van der Waals surface area contributed by atoms with E-state index in [1.165, 1.54) is 29.8 Å². The summed E-state index contributed by atoms with van der Waals surface area (Å²) in [5.41, 5.74) is 1.33. The first kappa shape index (κ1) is 20.3. The molecule has 0 unspecified atom stereocenters. The van der Waals surface area contributed by atoms with E-state index < -0.39 is 18.0 Å². The van der Waals surface area contributed by atoms with Crippen molar-refractivity contribution in [3.8, 4) is 5.75 Å². The van der Waals surface area contributed by atoms with Gasteiger partial charge in [-0.3, -0.25) is 9.59 Å². The smallest absolute Gasteiger partial charge is 0.471 e. The van der Waals surface area contributed by atoms with Gasteiger partial charge in [0.25, 0.3) is 5.91 Å². The first-order valence-electron chi connectivity index (χ1n) is 8.27. The number of anilines is 2. The van der Waals surface area contributed by atoms with E-state index >= 15 is 0 Å². The summed E-state index contributed by atoms with van der Waals surface area (Å²) in [6.45, 7) is 1.82. The highest BCUT2D eigenvalue weighted by molar-refractivity contribution is 5.96. The minimum absolute atomic E-state index is 0.0810. The van der Waals surface area contributed by atoms with Crippen molar-refractivity contribution in [3.05, 3.63) is 54.1 Å². The SMILES string of the molecule is CCCc1ccc(OCC(=O)Nc2cccc(NC(=O)C(F)(F)F)c2)cc1. The fourth-order valence-corrected chi connectivity index (χ4v) is 2.26. The summed E-state index contributed by atoms with van der Waals surface area (Å²) in [6, 6.07) is 12.8. The van der Waals surface area contributed by atoms with Gasteiger partial charge in [-0.05, 0) is 42.3 Å². The van der Waals surface area contributed by atoms with Crippen molar-refractivity contribution in [1.29, 1.82) is 0 Å². The Hall–Kier alpha value is -3.03. The van der Waals surface area contributed by atoms with Crippen molar-refractivity contribution in [1.82, 2.24) is 0 Å². The Balaban J connectivity index is 1.88. The van der Waals surface area contributed by atoms with Gasteiger partial charge < -0.3 is 15.4 Å². The summed E-state index contributed by atoms with van der Waals surface area (Å²) in [7, 11) is 0. The van der Waals surface area contributed by atoms with E-state index in [4.69, 9.17) is 4.74 Å². The number of carbonyl (C=O) groups is 2. The molecule has 0 saturated heterocycles.